The minimum Gasteiger partial charge on any atom is -0.360 e. The minimum atomic E-state index is -0.151. The summed E-state index contributed by atoms with van der Waals surface area (Å²) in [4.78, 5) is 13.9. The van der Waals surface area contributed by atoms with Gasteiger partial charge in [-0.2, -0.15) is 11.3 Å². The van der Waals surface area contributed by atoms with Gasteiger partial charge in [0.1, 0.15) is 5.76 Å². The highest BCUT2D eigenvalue weighted by Gasteiger charge is 2.26. The lowest BCUT2D eigenvalue weighted by atomic mass is 9.96. The van der Waals surface area contributed by atoms with Crippen molar-refractivity contribution in [1.82, 2.24) is 10.5 Å². The summed E-state index contributed by atoms with van der Waals surface area (Å²) in [6, 6.07) is 5.97. The first-order valence-corrected chi connectivity index (χ1v) is 9.49. The summed E-state index contributed by atoms with van der Waals surface area (Å²) >= 11 is 3.28. The van der Waals surface area contributed by atoms with Gasteiger partial charge in [-0.3, -0.25) is 4.79 Å². The lowest BCUT2D eigenvalue weighted by molar-refractivity contribution is 0.0933. The first kappa shape index (κ1) is 14.7. The number of thiophene rings is 2. The molecule has 0 unspecified atom stereocenters. The van der Waals surface area contributed by atoms with Gasteiger partial charge in [0.05, 0.1) is 6.04 Å². The van der Waals surface area contributed by atoms with Crippen LogP contribution in [0.3, 0.4) is 0 Å². The molecule has 4 rings (SSSR count). The Morgan fingerprint density at radius 1 is 1.26 bits per heavy atom. The molecule has 0 radical (unpaired) electrons. The number of nitrogens with one attached hydrogen (secondary N) is 1. The van der Waals surface area contributed by atoms with E-state index in [1.807, 2.05) is 29.0 Å². The zero-order chi connectivity index (χ0) is 15.6. The molecule has 3 heterocycles. The molecule has 0 fully saturated rings. The molecule has 1 aliphatic carbocycles. The van der Waals surface area contributed by atoms with Gasteiger partial charge in [-0.25, -0.2) is 0 Å². The first-order chi connectivity index (χ1) is 11.3. The van der Waals surface area contributed by atoms with Crippen LogP contribution < -0.4 is 5.32 Å². The van der Waals surface area contributed by atoms with Crippen LogP contribution in [0.25, 0.3) is 0 Å². The standard InChI is InChI=1S/C17H16N2O2S2/c20-17(16-12-4-1-2-5-13(12)21-19-16)18-15(11-7-9-22-10-11)14-6-3-8-23-14/h3,6-10,15H,1-2,4-5H2,(H,18,20)/t15-/m0/s1. The second-order valence-corrected chi connectivity index (χ2v) is 7.38. The third-order valence-corrected chi connectivity index (χ3v) is 5.78. The molecule has 0 aromatic carbocycles. The fraction of sp³-hybridized carbons (Fsp3) is 0.294. The predicted octanol–water partition coefficient (Wildman–Crippen LogP) is 4.20. The molecule has 118 valence electrons. The first-order valence-electron chi connectivity index (χ1n) is 7.66. The molecule has 0 saturated carbocycles. The van der Waals surface area contributed by atoms with Crippen LogP contribution >= 0.6 is 22.7 Å². The van der Waals surface area contributed by atoms with Crippen LogP contribution in [0.4, 0.5) is 0 Å². The highest BCUT2D eigenvalue weighted by Crippen LogP contribution is 2.29. The lowest BCUT2D eigenvalue weighted by Crippen LogP contribution is -2.29. The normalized spacial score (nSPS) is 15.1. The van der Waals surface area contributed by atoms with Crippen LogP contribution in [0, 0.1) is 0 Å². The summed E-state index contributed by atoms with van der Waals surface area (Å²) in [5.41, 5.74) is 2.55. The minimum absolute atomic E-state index is 0.135. The third-order valence-electron chi connectivity index (χ3n) is 4.14. The molecule has 1 amide bonds. The zero-order valence-electron chi connectivity index (χ0n) is 12.5. The van der Waals surface area contributed by atoms with Gasteiger partial charge in [-0.15, -0.1) is 11.3 Å². The van der Waals surface area contributed by atoms with E-state index in [0.29, 0.717) is 5.69 Å². The molecular weight excluding hydrogens is 328 g/mol. The summed E-state index contributed by atoms with van der Waals surface area (Å²) in [7, 11) is 0. The molecule has 1 aliphatic rings. The summed E-state index contributed by atoms with van der Waals surface area (Å²) in [5.74, 6) is 0.728. The average molecular weight is 344 g/mol. The van der Waals surface area contributed by atoms with Crippen LogP contribution in [0.5, 0.6) is 0 Å². The SMILES string of the molecule is O=C(N[C@@H](c1ccsc1)c1cccs1)c1noc2c1CCCC2. The van der Waals surface area contributed by atoms with Crippen molar-refractivity contribution < 1.29 is 9.32 Å². The number of aromatic nitrogens is 1. The monoisotopic (exact) mass is 344 g/mol. The maximum atomic E-state index is 12.8. The smallest absolute Gasteiger partial charge is 0.274 e. The van der Waals surface area contributed by atoms with Crippen molar-refractivity contribution in [3.8, 4) is 0 Å². The molecule has 0 aliphatic heterocycles. The van der Waals surface area contributed by atoms with Gasteiger partial charge in [-0.1, -0.05) is 11.2 Å². The maximum Gasteiger partial charge on any atom is 0.274 e. The van der Waals surface area contributed by atoms with Gasteiger partial charge in [0, 0.05) is 16.9 Å². The predicted molar refractivity (Wildman–Crippen MR) is 91.1 cm³/mol. The number of nitrogens with zero attached hydrogens (tertiary/aromatic N) is 1. The topological polar surface area (TPSA) is 55.1 Å². The number of carbonyl (C=O) groups is 1. The highest BCUT2D eigenvalue weighted by atomic mass is 32.1. The molecule has 4 nitrogen and oxygen atoms in total. The molecular formula is C17H16N2O2S2. The Balaban J connectivity index is 1.62. The van der Waals surface area contributed by atoms with E-state index in [1.54, 1.807) is 22.7 Å². The van der Waals surface area contributed by atoms with Crippen LogP contribution in [-0.4, -0.2) is 11.1 Å². The van der Waals surface area contributed by atoms with Crippen molar-refractivity contribution in [2.24, 2.45) is 0 Å². The average Bonchev–Trinajstić information content (AvgIpc) is 3.33. The van der Waals surface area contributed by atoms with Gasteiger partial charge >= 0.3 is 0 Å². The molecule has 1 atom stereocenters. The largest absolute Gasteiger partial charge is 0.360 e. The number of amides is 1. The fourth-order valence-corrected chi connectivity index (χ4v) is 4.46. The summed E-state index contributed by atoms with van der Waals surface area (Å²) < 4.78 is 5.37. The highest BCUT2D eigenvalue weighted by molar-refractivity contribution is 7.10. The number of fused-ring (bicyclic) bond motifs is 1. The number of aryl methyl sites for hydroxylation is 1. The van der Waals surface area contributed by atoms with E-state index in [0.717, 1.165) is 47.4 Å². The molecule has 6 heteroatoms. The van der Waals surface area contributed by atoms with Gasteiger partial charge in [0.25, 0.3) is 5.91 Å². The fourth-order valence-electron chi connectivity index (χ4n) is 2.98. The molecule has 0 spiro atoms. The molecule has 0 saturated heterocycles. The summed E-state index contributed by atoms with van der Waals surface area (Å²) in [5, 5.41) is 13.3. The number of hydrogen-bond acceptors (Lipinski definition) is 5. The Bertz CT molecular complexity index is 757. The Morgan fingerprint density at radius 2 is 2.17 bits per heavy atom. The number of rotatable bonds is 4. The van der Waals surface area contributed by atoms with E-state index < -0.39 is 0 Å². The van der Waals surface area contributed by atoms with Gasteiger partial charge < -0.3 is 9.84 Å². The Labute approximate surface area is 142 Å². The third kappa shape index (κ3) is 2.84. The van der Waals surface area contributed by atoms with Crippen molar-refractivity contribution in [3.05, 3.63) is 61.8 Å². The Morgan fingerprint density at radius 3 is 2.96 bits per heavy atom. The van der Waals surface area contributed by atoms with Crippen molar-refractivity contribution >= 4 is 28.6 Å². The molecule has 3 aromatic heterocycles. The summed E-state index contributed by atoms with van der Waals surface area (Å²) in [6.07, 6.45) is 3.96. The maximum absolute atomic E-state index is 12.8. The second-order valence-electron chi connectivity index (χ2n) is 5.62. The van der Waals surface area contributed by atoms with E-state index in [4.69, 9.17) is 4.52 Å². The second kappa shape index (κ2) is 6.29. The van der Waals surface area contributed by atoms with E-state index >= 15 is 0 Å². The van der Waals surface area contributed by atoms with Crippen LogP contribution in [0.2, 0.25) is 0 Å². The van der Waals surface area contributed by atoms with Crippen LogP contribution in [0.15, 0.2) is 38.9 Å². The van der Waals surface area contributed by atoms with Crippen molar-refractivity contribution in [3.63, 3.8) is 0 Å². The molecule has 1 N–H and O–H groups in total. The van der Waals surface area contributed by atoms with E-state index in [9.17, 15) is 4.79 Å². The van der Waals surface area contributed by atoms with Gasteiger partial charge in [-0.05, 0) is 53.1 Å². The van der Waals surface area contributed by atoms with Gasteiger partial charge in [0.15, 0.2) is 5.69 Å². The van der Waals surface area contributed by atoms with Crippen LogP contribution in [-0.2, 0) is 12.8 Å². The van der Waals surface area contributed by atoms with Crippen LogP contribution in [0.1, 0.15) is 51.1 Å². The van der Waals surface area contributed by atoms with Crippen molar-refractivity contribution in [1.29, 1.82) is 0 Å². The van der Waals surface area contributed by atoms with E-state index in [2.05, 4.69) is 15.9 Å². The number of hydrogen-bond donors (Lipinski definition) is 1. The zero-order valence-corrected chi connectivity index (χ0v) is 14.1. The van der Waals surface area contributed by atoms with Crippen molar-refractivity contribution in [2.75, 3.05) is 0 Å². The molecule has 3 aromatic rings. The Kier molecular flexibility index (Phi) is 4.01. The number of carbonyl (C=O) groups excluding carboxylic acids is 1. The van der Waals surface area contributed by atoms with E-state index in [-0.39, 0.29) is 11.9 Å². The van der Waals surface area contributed by atoms with Crippen molar-refractivity contribution in [2.45, 2.75) is 31.7 Å². The Hall–Kier alpha value is -1.92. The molecule has 23 heavy (non-hydrogen) atoms. The van der Waals surface area contributed by atoms with Gasteiger partial charge in [0.2, 0.25) is 0 Å². The lowest BCUT2D eigenvalue weighted by Gasteiger charge is -2.16. The quantitative estimate of drug-likeness (QED) is 0.772. The molecule has 0 bridgehead atoms. The summed E-state index contributed by atoms with van der Waals surface area (Å²) in [6.45, 7) is 0. The van der Waals surface area contributed by atoms with E-state index in [1.165, 1.54) is 0 Å².